The molecule has 4 rings (SSSR count). The fourth-order valence-corrected chi connectivity index (χ4v) is 5.06. The molecule has 1 aliphatic carbocycles. The Labute approximate surface area is 184 Å². The van der Waals surface area contributed by atoms with Crippen molar-refractivity contribution in [3.8, 4) is 0 Å². The summed E-state index contributed by atoms with van der Waals surface area (Å²) < 4.78 is 0. The molecule has 4 atom stereocenters. The molecule has 1 aromatic rings. The van der Waals surface area contributed by atoms with E-state index in [0.29, 0.717) is 30.9 Å². The molecule has 166 valence electrons. The van der Waals surface area contributed by atoms with Gasteiger partial charge in [0.2, 0.25) is 17.7 Å². The van der Waals surface area contributed by atoms with Crippen molar-refractivity contribution in [2.75, 3.05) is 23.3 Å². The summed E-state index contributed by atoms with van der Waals surface area (Å²) in [6, 6.07) is 7.08. The van der Waals surface area contributed by atoms with Gasteiger partial charge in [0.15, 0.2) is 0 Å². The zero-order chi connectivity index (χ0) is 22.1. The summed E-state index contributed by atoms with van der Waals surface area (Å²) in [7, 11) is 0. The van der Waals surface area contributed by atoms with Crippen molar-refractivity contribution in [2.24, 2.45) is 23.7 Å². The van der Waals surface area contributed by atoms with E-state index in [9.17, 15) is 14.4 Å². The van der Waals surface area contributed by atoms with E-state index in [4.69, 9.17) is 0 Å². The maximum absolute atomic E-state index is 13.2. The Kier molecular flexibility index (Phi) is 6.17. The normalized spacial score (nSPS) is 26.5. The number of hydrogen-bond acceptors (Lipinski definition) is 4. The van der Waals surface area contributed by atoms with Crippen LogP contribution in [-0.4, -0.2) is 41.8 Å². The second-order valence-corrected chi connectivity index (χ2v) is 9.72. The minimum absolute atomic E-state index is 0.177. The molecule has 2 saturated heterocycles. The number of hydrogen-bond donors (Lipinski definition) is 1. The second kappa shape index (κ2) is 8.85. The van der Waals surface area contributed by atoms with Gasteiger partial charge in [-0.1, -0.05) is 32.9 Å². The van der Waals surface area contributed by atoms with E-state index >= 15 is 0 Å². The largest absolute Gasteiger partial charge is 0.371 e. The van der Waals surface area contributed by atoms with Crippen LogP contribution in [0.5, 0.6) is 0 Å². The molecule has 31 heavy (non-hydrogen) atoms. The molecule has 2 heterocycles. The number of amides is 3. The summed E-state index contributed by atoms with van der Waals surface area (Å²) in [5.41, 5.74) is 1.84. The van der Waals surface area contributed by atoms with Crippen molar-refractivity contribution in [1.82, 2.24) is 4.90 Å². The van der Waals surface area contributed by atoms with Gasteiger partial charge in [-0.3, -0.25) is 19.3 Å². The number of nitrogens with one attached hydrogen (secondary N) is 1. The number of carbonyl (C=O) groups is 3. The fourth-order valence-electron chi connectivity index (χ4n) is 5.06. The van der Waals surface area contributed by atoms with Crippen LogP contribution < -0.4 is 10.2 Å². The summed E-state index contributed by atoms with van der Waals surface area (Å²) in [5, 5.41) is 2.95. The number of allylic oxidation sites excluding steroid dienone is 2. The highest BCUT2D eigenvalue weighted by Crippen LogP contribution is 2.37. The molecule has 0 bridgehead atoms. The topological polar surface area (TPSA) is 69.7 Å². The Morgan fingerprint density at radius 3 is 2.19 bits per heavy atom. The van der Waals surface area contributed by atoms with Gasteiger partial charge in [0.1, 0.15) is 6.04 Å². The van der Waals surface area contributed by atoms with Crippen LogP contribution in [0.2, 0.25) is 0 Å². The number of nitrogens with zero attached hydrogens (tertiary/aromatic N) is 2. The average Bonchev–Trinajstić information content (AvgIpc) is 3.29. The lowest BCUT2D eigenvalue weighted by atomic mass is 9.85. The van der Waals surface area contributed by atoms with Crippen molar-refractivity contribution >= 4 is 29.1 Å². The summed E-state index contributed by atoms with van der Waals surface area (Å²) in [4.78, 5) is 42.9. The highest BCUT2D eigenvalue weighted by Gasteiger charge is 2.51. The van der Waals surface area contributed by atoms with Gasteiger partial charge in [-0.15, -0.1) is 0 Å². The lowest BCUT2D eigenvalue weighted by molar-refractivity contribution is -0.147. The third-order valence-electron chi connectivity index (χ3n) is 6.77. The maximum atomic E-state index is 13.2. The predicted octanol–water partition coefficient (Wildman–Crippen LogP) is 3.84. The first-order chi connectivity index (χ1) is 14.8. The number of carbonyl (C=O) groups excluding carboxylic acids is 3. The number of fused-ring (bicyclic) bond motifs is 1. The van der Waals surface area contributed by atoms with E-state index in [0.717, 1.165) is 18.8 Å². The van der Waals surface area contributed by atoms with E-state index in [-0.39, 0.29) is 35.5 Å². The van der Waals surface area contributed by atoms with Crippen LogP contribution in [0, 0.1) is 23.7 Å². The van der Waals surface area contributed by atoms with Crippen LogP contribution in [0.1, 0.15) is 46.5 Å². The molecule has 4 unspecified atom stereocenters. The van der Waals surface area contributed by atoms with Crippen molar-refractivity contribution in [3.63, 3.8) is 0 Å². The molecule has 1 aromatic carbocycles. The summed E-state index contributed by atoms with van der Waals surface area (Å²) in [5.74, 6) is -0.437. The Bertz CT molecular complexity index is 851. The molecule has 2 fully saturated rings. The van der Waals surface area contributed by atoms with Crippen molar-refractivity contribution in [2.45, 2.75) is 52.5 Å². The molecule has 0 radical (unpaired) electrons. The molecule has 3 amide bonds. The molecule has 1 N–H and O–H groups in total. The maximum Gasteiger partial charge on any atom is 0.247 e. The molecule has 2 aliphatic heterocycles. The smallest absolute Gasteiger partial charge is 0.247 e. The summed E-state index contributed by atoms with van der Waals surface area (Å²) in [6.07, 6.45) is 6.76. The Morgan fingerprint density at radius 1 is 1.06 bits per heavy atom. The standard InChI is InChI=1S/C25H33N3O3/c1-16(2)14-22(28-24(30)20-6-4-5-7-21(20)25(28)31)23(29)26-18-8-10-19(11-9-18)27-13-12-17(3)15-27/h4-5,8-11,16-17,20-22H,6-7,12-15H2,1-3H3,(H,26,29). The van der Waals surface area contributed by atoms with E-state index in [1.807, 2.05) is 50.3 Å². The zero-order valence-corrected chi connectivity index (χ0v) is 18.7. The lowest BCUT2D eigenvalue weighted by Crippen LogP contribution is -2.48. The molecule has 6 heteroatoms. The number of likely N-dealkylation sites (tertiary alicyclic amines) is 1. The van der Waals surface area contributed by atoms with Crippen LogP contribution in [-0.2, 0) is 14.4 Å². The molecule has 0 saturated carbocycles. The first kappa shape index (κ1) is 21.6. The summed E-state index contributed by atoms with van der Waals surface area (Å²) >= 11 is 0. The Morgan fingerprint density at radius 2 is 1.68 bits per heavy atom. The van der Waals surface area contributed by atoms with Crippen molar-refractivity contribution < 1.29 is 14.4 Å². The number of benzene rings is 1. The molecule has 0 aromatic heterocycles. The van der Waals surface area contributed by atoms with Gasteiger partial charge in [-0.2, -0.15) is 0 Å². The second-order valence-electron chi connectivity index (χ2n) is 9.72. The van der Waals surface area contributed by atoms with Crippen LogP contribution in [0.25, 0.3) is 0 Å². The highest BCUT2D eigenvalue weighted by atomic mass is 16.2. The minimum Gasteiger partial charge on any atom is -0.371 e. The van der Waals surface area contributed by atoms with E-state index in [1.165, 1.54) is 11.3 Å². The van der Waals surface area contributed by atoms with Crippen molar-refractivity contribution in [3.05, 3.63) is 36.4 Å². The van der Waals surface area contributed by atoms with E-state index in [1.54, 1.807) is 0 Å². The quantitative estimate of drug-likeness (QED) is 0.558. The SMILES string of the molecule is CC(C)CC(C(=O)Nc1ccc(N2CCC(C)C2)cc1)N1C(=O)C2CC=CCC2C1=O. The molecular formula is C25H33N3O3. The Balaban J connectivity index is 1.49. The molecule has 0 spiro atoms. The monoisotopic (exact) mass is 423 g/mol. The van der Waals surface area contributed by atoms with E-state index in [2.05, 4.69) is 17.1 Å². The fraction of sp³-hybridized carbons (Fsp3) is 0.560. The van der Waals surface area contributed by atoms with Gasteiger partial charge in [0.25, 0.3) is 0 Å². The molecule has 3 aliphatic rings. The lowest BCUT2D eigenvalue weighted by Gasteiger charge is -2.27. The highest BCUT2D eigenvalue weighted by molar-refractivity contribution is 6.10. The predicted molar refractivity (Wildman–Crippen MR) is 122 cm³/mol. The van der Waals surface area contributed by atoms with Gasteiger partial charge >= 0.3 is 0 Å². The number of rotatable bonds is 6. The van der Waals surface area contributed by atoms with Gasteiger partial charge in [0, 0.05) is 24.5 Å². The van der Waals surface area contributed by atoms with Crippen LogP contribution in [0.3, 0.4) is 0 Å². The van der Waals surface area contributed by atoms with Gasteiger partial charge in [0.05, 0.1) is 11.8 Å². The van der Waals surface area contributed by atoms with Gasteiger partial charge in [-0.25, -0.2) is 0 Å². The van der Waals surface area contributed by atoms with Crippen LogP contribution in [0.4, 0.5) is 11.4 Å². The van der Waals surface area contributed by atoms with Crippen LogP contribution >= 0.6 is 0 Å². The molecule has 6 nitrogen and oxygen atoms in total. The average molecular weight is 424 g/mol. The number of imide groups is 1. The molecular weight excluding hydrogens is 390 g/mol. The Hall–Kier alpha value is -2.63. The first-order valence-electron chi connectivity index (χ1n) is 11.5. The number of anilines is 2. The van der Waals surface area contributed by atoms with Gasteiger partial charge in [-0.05, 0) is 61.8 Å². The van der Waals surface area contributed by atoms with Crippen molar-refractivity contribution in [1.29, 1.82) is 0 Å². The van der Waals surface area contributed by atoms with Gasteiger partial charge < -0.3 is 10.2 Å². The zero-order valence-electron chi connectivity index (χ0n) is 18.7. The summed E-state index contributed by atoms with van der Waals surface area (Å²) in [6.45, 7) is 8.38. The third kappa shape index (κ3) is 4.39. The van der Waals surface area contributed by atoms with E-state index < -0.39 is 6.04 Å². The first-order valence-corrected chi connectivity index (χ1v) is 11.5. The minimum atomic E-state index is -0.773. The van der Waals surface area contributed by atoms with Crippen LogP contribution in [0.15, 0.2) is 36.4 Å². The third-order valence-corrected chi connectivity index (χ3v) is 6.77.